The molecule has 4 rings (SSSR count). The van der Waals surface area contributed by atoms with Crippen molar-refractivity contribution in [1.29, 1.82) is 0 Å². The Morgan fingerprint density at radius 3 is 1.66 bits per heavy atom. The largest absolute Gasteiger partial charge is 0.432 e. The molecule has 0 heterocycles. The summed E-state index contributed by atoms with van der Waals surface area (Å²) >= 11 is 0. The number of hydrogen-bond acceptors (Lipinski definition) is 3. The lowest BCUT2D eigenvalue weighted by atomic mass is 9.51. The molecule has 0 amide bonds. The molecule has 1 N–H and O–H groups in total. The maximum absolute atomic E-state index is 14.8. The van der Waals surface area contributed by atoms with Crippen LogP contribution in [-0.4, -0.2) is 24.5 Å². The number of allylic oxidation sites excluding steroid dienone is 2. The zero-order valence-corrected chi connectivity index (χ0v) is 20.8. The van der Waals surface area contributed by atoms with Gasteiger partial charge in [0.25, 0.3) is 0 Å². The molecule has 0 saturated carbocycles. The van der Waals surface area contributed by atoms with Crippen molar-refractivity contribution in [2.75, 3.05) is 0 Å². The molecule has 4 aromatic rings. The van der Waals surface area contributed by atoms with Gasteiger partial charge in [-0.15, -0.1) is 0 Å². The highest BCUT2D eigenvalue weighted by atomic mass is 19.4. The first-order chi connectivity index (χ1) is 18.3. The predicted octanol–water partition coefficient (Wildman–Crippen LogP) is 5.74. The Labute approximate surface area is 220 Å². The fourth-order valence-corrected chi connectivity index (χ4v) is 4.13. The van der Waals surface area contributed by atoms with Gasteiger partial charge in [-0.3, -0.25) is 4.79 Å². The van der Waals surface area contributed by atoms with Crippen LogP contribution in [-0.2, 0) is 6.54 Å². The molecule has 0 unspecified atom stereocenters. The molecule has 4 aromatic carbocycles. The number of nitrogens with one attached hydrogen (secondary N) is 1. The van der Waals surface area contributed by atoms with E-state index in [1.54, 1.807) is 78.9 Å². The monoisotopic (exact) mass is 510 g/mol. The van der Waals surface area contributed by atoms with E-state index in [1.165, 1.54) is 19.1 Å². The van der Waals surface area contributed by atoms with E-state index in [9.17, 15) is 18.0 Å². The van der Waals surface area contributed by atoms with E-state index < -0.39 is 30.1 Å². The molecule has 0 atom stereocenters. The predicted molar refractivity (Wildman–Crippen MR) is 148 cm³/mol. The zero-order chi connectivity index (χ0) is 27.0. The first-order valence-electron chi connectivity index (χ1n) is 12.2. The summed E-state index contributed by atoms with van der Waals surface area (Å²) in [7, 11) is 0. The van der Waals surface area contributed by atoms with E-state index in [1.807, 2.05) is 30.3 Å². The van der Waals surface area contributed by atoms with Crippen molar-refractivity contribution in [3.63, 3.8) is 0 Å². The van der Waals surface area contributed by atoms with Crippen LogP contribution in [0.15, 0.2) is 138 Å². The number of carbonyl (C=O) groups is 1. The Bertz CT molecular complexity index is 1370. The van der Waals surface area contributed by atoms with E-state index in [0.717, 1.165) is 5.56 Å². The molecule has 0 bridgehead atoms. The third kappa shape index (κ3) is 6.68. The number of ketones is 1. The lowest BCUT2D eigenvalue weighted by Crippen LogP contribution is -2.44. The summed E-state index contributed by atoms with van der Waals surface area (Å²) in [6.07, 6.45) is -4.89. The average molecular weight is 510 g/mol. The van der Waals surface area contributed by atoms with Gasteiger partial charge < -0.3 is 10.2 Å². The summed E-state index contributed by atoms with van der Waals surface area (Å²) in [5.41, 5.74) is 0.563. The maximum Gasteiger partial charge on any atom is 0.432 e. The molecule has 38 heavy (non-hydrogen) atoms. The van der Waals surface area contributed by atoms with Gasteiger partial charge in [0.1, 0.15) is 5.71 Å². The summed E-state index contributed by atoms with van der Waals surface area (Å²) in [5.74, 6) is -0.750. The number of benzene rings is 4. The number of rotatable bonds is 9. The lowest BCUT2D eigenvalue weighted by molar-refractivity contribution is -0.0581. The fourth-order valence-electron chi connectivity index (χ4n) is 4.13. The second kappa shape index (κ2) is 12.2. The van der Waals surface area contributed by atoms with Crippen LogP contribution in [0.1, 0.15) is 22.8 Å². The maximum atomic E-state index is 14.8. The van der Waals surface area contributed by atoms with Crippen molar-refractivity contribution in [1.82, 2.24) is 5.32 Å². The van der Waals surface area contributed by atoms with Crippen LogP contribution >= 0.6 is 0 Å². The molecule has 0 fully saturated rings. The lowest BCUT2D eigenvalue weighted by Gasteiger charge is -2.20. The van der Waals surface area contributed by atoms with Crippen LogP contribution in [0.25, 0.3) is 0 Å². The van der Waals surface area contributed by atoms with Gasteiger partial charge in [0, 0.05) is 17.8 Å². The number of carbonyl (C=O) groups excluding carboxylic acids is 1. The van der Waals surface area contributed by atoms with Gasteiger partial charge in [-0.2, -0.15) is 13.2 Å². The van der Waals surface area contributed by atoms with Gasteiger partial charge in [0.05, 0.1) is 5.57 Å². The van der Waals surface area contributed by atoms with Crippen molar-refractivity contribution < 1.29 is 18.0 Å². The summed E-state index contributed by atoms with van der Waals surface area (Å²) in [4.78, 5) is 17.9. The van der Waals surface area contributed by atoms with Crippen molar-refractivity contribution >= 4 is 29.3 Å². The van der Waals surface area contributed by atoms with Gasteiger partial charge in [-0.05, 0) is 23.4 Å². The number of hydrogen-bond donors (Lipinski definition) is 1. The molecule has 0 aliphatic rings. The Morgan fingerprint density at radius 2 is 1.18 bits per heavy atom. The van der Waals surface area contributed by atoms with E-state index >= 15 is 0 Å². The highest BCUT2D eigenvalue weighted by Crippen LogP contribution is 2.27. The molecular formula is C31H26BF3N2O. The first-order valence-corrected chi connectivity index (χ1v) is 12.2. The summed E-state index contributed by atoms with van der Waals surface area (Å²) < 4.78 is 44.4. The molecule has 0 radical (unpaired) electrons. The van der Waals surface area contributed by atoms with Crippen molar-refractivity contribution in [2.24, 2.45) is 4.90 Å². The minimum absolute atomic E-state index is 0.0960. The number of Topliss-reactive ketones (excluding diaryl/α,β-unsaturated/α-hetero) is 1. The summed E-state index contributed by atoms with van der Waals surface area (Å²) in [5, 5.41) is 3.03. The normalized spacial score (nSPS) is 12.5. The Hall–Kier alpha value is -4.39. The smallest absolute Gasteiger partial charge is 0.384 e. The number of alkyl halides is 3. The van der Waals surface area contributed by atoms with E-state index in [0.29, 0.717) is 10.9 Å². The SMILES string of the molecule is C/C(NCc1ccccc1)=C(C(=O)c1ccccc1)\C(=N/B(c1ccccc1)c1ccccc1)C(F)(F)F. The van der Waals surface area contributed by atoms with Crippen molar-refractivity contribution in [2.45, 2.75) is 19.6 Å². The molecule has 3 nitrogen and oxygen atoms in total. The first kappa shape index (κ1) is 26.7. The highest BCUT2D eigenvalue weighted by molar-refractivity contribution is 6.84. The average Bonchev–Trinajstić information content (AvgIpc) is 2.95. The molecular weight excluding hydrogens is 484 g/mol. The second-order valence-electron chi connectivity index (χ2n) is 8.73. The summed E-state index contributed by atoms with van der Waals surface area (Å²) in [6.45, 7) is 0.777. The quantitative estimate of drug-likeness (QED) is 0.135. The van der Waals surface area contributed by atoms with Crippen LogP contribution in [0.5, 0.6) is 0 Å². The standard InChI is InChI=1S/C31H26BF3N2O/c1-23(36-22-24-14-6-2-7-15-24)28(29(38)25-16-8-3-9-17-25)30(31(33,34)35)37-32(26-18-10-4-11-19-26)27-20-12-5-13-21-27/h2-21,36H,22H2,1H3/b28-23+,37-30+. The van der Waals surface area contributed by atoms with Crippen LogP contribution in [0, 0.1) is 0 Å². The topological polar surface area (TPSA) is 41.5 Å². The Balaban J connectivity index is 1.89. The van der Waals surface area contributed by atoms with Gasteiger partial charge in [0.15, 0.2) is 5.78 Å². The van der Waals surface area contributed by atoms with Crippen molar-refractivity contribution in [3.8, 4) is 0 Å². The van der Waals surface area contributed by atoms with Crippen LogP contribution in [0.4, 0.5) is 13.2 Å². The zero-order valence-electron chi connectivity index (χ0n) is 20.8. The second-order valence-corrected chi connectivity index (χ2v) is 8.73. The van der Waals surface area contributed by atoms with Gasteiger partial charge in [0.2, 0.25) is 0 Å². The molecule has 0 saturated heterocycles. The number of nitrogens with zero attached hydrogens (tertiary/aromatic N) is 1. The van der Waals surface area contributed by atoms with E-state index in [-0.39, 0.29) is 17.8 Å². The van der Waals surface area contributed by atoms with Crippen LogP contribution < -0.4 is 16.2 Å². The molecule has 190 valence electrons. The van der Waals surface area contributed by atoms with Gasteiger partial charge in [-0.1, -0.05) is 121 Å². The van der Waals surface area contributed by atoms with Crippen LogP contribution in [0.2, 0.25) is 0 Å². The third-order valence-electron chi connectivity index (χ3n) is 6.03. The number of halogens is 3. The van der Waals surface area contributed by atoms with Gasteiger partial charge in [-0.25, -0.2) is 0 Å². The Morgan fingerprint density at radius 1 is 0.737 bits per heavy atom. The molecule has 0 aliphatic carbocycles. The van der Waals surface area contributed by atoms with Crippen LogP contribution in [0.3, 0.4) is 0 Å². The minimum Gasteiger partial charge on any atom is -0.384 e. The molecule has 0 spiro atoms. The van der Waals surface area contributed by atoms with E-state index in [4.69, 9.17) is 0 Å². The Kier molecular flexibility index (Phi) is 8.59. The van der Waals surface area contributed by atoms with Gasteiger partial charge >= 0.3 is 13.0 Å². The van der Waals surface area contributed by atoms with E-state index in [2.05, 4.69) is 10.2 Å². The summed E-state index contributed by atoms with van der Waals surface area (Å²) in [6, 6.07) is 34.8. The molecule has 0 aromatic heterocycles. The minimum atomic E-state index is -4.89. The molecule has 0 aliphatic heterocycles. The highest BCUT2D eigenvalue weighted by Gasteiger charge is 2.42. The van der Waals surface area contributed by atoms with Crippen molar-refractivity contribution in [3.05, 3.63) is 144 Å². The third-order valence-corrected chi connectivity index (χ3v) is 6.03. The fraction of sp³-hybridized carbons (Fsp3) is 0.0968. The molecule has 7 heteroatoms.